The summed E-state index contributed by atoms with van der Waals surface area (Å²) in [6, 6.07) is 13.1. The highest BCUT2D eigenvalue weighted by molar-refractivity contribution is 6.65. The molecule has 0 spiro atoms. The topological polar surface area (TPSA) is 54.5 Å². The van der Waals surface area contributed by atoms with Crippen LogP contribution in [0.2, 0.25) is 0 Å². The van der Waals surface area contributed by atoms with Crippen molar-refractivity contribution in [3.8, 4) is 0 Å². The largest absolute Gasteiger partial charge is 0.291 e. The Morgan fingerprint density at radius 1 is 0.909 bits per heavy atom. The molecule has 0 bridgehead atoms. The smallest absolute Gasteiger partial charge is 0.275 e. The SMILES string of the molecule is O=C1c2ccccc2C(=O)N1C(F)(C(=O)Cl)c1ccccc1. The first-order valence-corrected chi connectivity index (χ1v) is 6.78. The van der Waals surface area contributed by atoms with Gasteiger partial charge in [0.05, 0.1) is 11.1 Å². The van der Waals surface area contributed by atoms with Gasteiger partial charge in [-0.1, -0.05) is 42.5 Å². The van der Waals surface area contributed by atoms with E-state index < -0.39 is 22.8 Å². The fourth-order valence-corrected chi connectivity index (χ4v) is 2.65. The maximum Gasteiger partial charge on any atom is 0.291 e. The van der Waals surface area contributed by atoms with Crippen LogP contribution in [0.15, 0.2) is 54.6 Å². The average Bonchev–Trinajstić information content (AvgIpc) is 2.79. The van der Waals surface area contributed by atoms with Crippen molar-refractivity contribution in [1.29, 1.82) is 0 Å². The Morgan fingerprint density at radius 2 is 1.36 bits per heavy atom. The second kappa shape index (κ2) is 5.03. The zero-order valence-electron chi connectivity index (χ0n) is 11.1. The number of carbonyl (C=O) groups excluding carboxylic acids is 3. The van der Waals surface area contributed by atoms with Crippen molar-refractivity contribution in [1.82, 2.24) is 4.90 Å². The summed E-state index contributed by atoms with van der Waals surface area (Å²) in [4.78, 5) is 36.8. The molecule has 2 aromatic carbocycles. The fraction of sp³-hybridized carbons (Fsp3) is 0.0625. The summed E-state index contributed by atoms with van der Waals surface area (Å²) in [5.41, 5.74) is -0.0868. The minimum atomic E-state index is -3.05. The van der Waals surface area contributed by atoms with Gasteiger partial charge in [0.1, 0.15) is 0 Å². The van der Waals surface area contributed by atoms with Gasteiger partial charge >= 0.3 is 0 Å². The van der Waals surface area contributed by atoms with E-state index in [2.05, 4.69) is 0 Å². The molecule has 6 heteroatoms. The molecule has 0 saturated carbocycles. The van der Waals surface area contributed by atoms with Gasteiger partial charge in [-0.25, -0.2) is 9.29 Å². The minimum absolute atomic E-state index is 0.0448. The molecule has 1 unspecified atom stereocenters. The van der Waals surface area contributed by atoms with Crippen LogP contribution >= 0.6 is 11.6 Å². The second-order valence-electron chi connectivity index (χ2n) is 4.75. The summed E-state index contributed by atoms with van der Waals surface area (Å²) in [6.45, 7) is 0. The molecule has 1 aliphatic heterocycles. The third-order valence-electron chi connectivity index (χ3n) is 3.52. The van der Waals surface area contributed by atoms with Crippen LogP contribution in [0.4, 0.5) is 4.39 Å². The van der Waals surface area contributed by atoms with Gasteiger partial charge in [-0.05, 0) is 23.7 Å². The zero-order chi connectivity index (χ0) is 15.9. The number of rotatable bonds is 3. The van der Waals surface area contributed by atoms with Crippen LogP contribution < -0.4 is 0 Å². The first-order chi connectivity index (χ1) is 10.5. The quantitative estimate of drug-likeness (QED) is 0.497. The number of alkyl halides is 1. The van der Waals surface area contributed by atoms with E-state index >= 15 is 4.39 Å². The van der Waals surface area contributed by atoms with Crippen LogP contribution in [0, 0.1) is 0 Å². The van der Waals surface area contributed by atoms with Gasteiger partial charge in [0.15, 0.2) is 0 Å². The van der Waals surface area contributed by atoms with Crippen LogP contribution in [0.5, 0.6) is 0 Å². The summed E-state index contributed by atoms with van der Waals surface area (Å²) >= 11 is 5.41. The summed E-state index contributed by atoms with van der Waals surface area (Å²) in [5.74, 6) is -4.82. The van der Waals surface area contributed by atoms with E-state index in [-0.39, 0.29) is 21.6 Å². The molecule has 0 saturated heterocycles. The van der Waals surface area contributed by atoms with E-state index in [0.717, 1.165) is 0 Å². The molecule has 2 amide bonds. The van der Waals surface area contributed by atoms with Gasteiger partial charge in [-0.3, -0.25) is 14.4 Å². The van der Waals surface area contributed by atoms with Crippen LogP contribution in [0.1, 0.15) is 26.3 Å². The molecule has 110 valence electrons. The lowest BCUT2D eigenvalue weighted by molar-refractivity contribution is -0.131. The summed E-state index contributed by atoms with van der Waals surface area (Å²) in [5, 5.41) is -1.45. The van der Waals surface area contributed by atoms with E-state index in [1.165, 1.54) is 36.4 Å². The van der Waals surface area contributed by atoms with Crippen molar-refractivity contribution >= 4 is 28.7 Å². The van der Waals surface area contributed by atoms with E-state index in [1.807, 2.05) is 0 Å². The Balaban J connectivity index is 2.19. The number of amides is 2. The predicted octanol–water partition coefficient (Wildman–Crippen LogP) is 2.87. The van der Waals surface area contributed by atoms with Gasteiger partial charge in [0.25, 0.3) is 22.8 Å². The molecular weight excluding hydrogens is 309 g/mol. The molecule has 0 aromatic heterocycles. The Kier molecular flexibility index (Phi) is 3.30. The summed E-state index contributed by atoms with van der Waals surface area (Å²) in [7, 11) is 0. The fourth-order valence-electron chi connectivity index (χ4n) is 2.46. The number of imide groups is 1. The maximum absolute atomic E-state index is 15.4. The Labute approximate surface area is 130 Å². The number of halogens is 2. The van der Waals surface area contributed by atoms with Crippen LogP contribution in [0.25, 0.3) is 0 Å². The van der Waals surface area contributed by atoms with E-state index in [9.17, 15) is 14.4 Å². The lowest BCUT2D eigenvalue weighted by atomic mass is 10.0. The molecule has 3 rings (SSSR count). The Morgan fingerprint density at radius 3 is 1.82 bits per heavy atom. The standard InChI is InChI=1S/C16H9ClFNO3/c17-15(22)16(18,10-6-2-1-3-7-10)19-13(20)11-8-4-5-9-12(11)14(19)21/h1-9H. The highest BCUT2D eigenvalue weighted by Crippen LogP contribution is 2.39. The molecule has 2 aromatic rings. The molecule has 22 heavy (non-hydrogen) atoms. The van der Waals surface area contributed by atoms with E-state index in [1.54, 1.807) is 18.2 Å². The van der Waals surface area contributed by atoms with Crippen LogP contribution in [0.3, 0.4) is 0 Å². The van der Waals surface area contributed by atoms with Crippen molar-refractivity contribution in [2.45, 2.75) is 5.79 Å². The molecule has 0 aliphatic carbocycles. The van der Waals surface area contributed by atoms with E-state index in [4.69, 9.17) is 11.6 Å². The Hall–Kier alpha value is -2.53. The third kappa shape index (κ3) is 1.86. The number of fused-ring (bicyclic) bond motifs is 1. The molecule has 0 radical (unpaired) electrons. The molecule has 0 N–H and O–H groups in total. The number of hydrogen-bond acceptors (Lipinski definition) is 3. The number of carbonyl (C=O) groups is 3. The molecule has 1 aliphatic rings. The van der Waals surface area contributed by atoms with Crippen molar-refractivity contribution in [2.24, 2.45) is 0 Å². The molecule has 0 fully saturated rings. The molecular formula is C16H9ClFNO3. The van der Waals surface area contributed by atoms with Gasteiger partial charge < -0.3 is 0 Å². The number of benzene rings is 2. The number of nitrogens with zero attached hydrogens (tertiary/aromatic N) is 1. The number of hydrogen-bond donors (Lipinski definition) is 0. The predicted molar refractivity (Wildman–Crippen MR) is 77.0 cm³/mol. The maximum atomic E-state index is 15.4. The third-order valence-corrected chi connectivity index (χ3v) is 3.77. The van der Waals surface area contributed by atoms with Crippen molar-refractivity contribution in [2.75, 3.05) is 0 Å². The molecule has 4 nitrogen and oxygen atoms in total. The lowest BCUT2D eigenvalue weighted by Crippen LogP contribution is -2.50. The highest BCUT2D eigenvalue weighted by Gasteiger charge is 2.55. The van der Waals surface area contributed by atoms with Gasteiger partial charge in [-0.15, -0.1) is 0 Å². The van der Waals surface area contributed by atoms with Crippen LogP contribution in [-0.2, 0) is 10.6 Å². The van der Waals surface area contributed by atoms with Crippen molar-refractivity contribution in [3.63, 3.8) is 0 Å². The molecule has 1 atom stereocenters. The first kappa shape index (κ1) is 14.4. The average molecular weight is 318 g/mol. The summed E-state index contributed by atoms with van der Waals surface area (Å²) in [6.07, 6.45) is 0. The normalized spacial score (nSPS) is 16.4. The van der Waals surface area contributed by atoms with E-state index in [0.29, 0.717) is 0 Å². The first-order valence-electron chi connectivity index (χ1n) is 6.40. The van der Waals surface area contributed by atoms with Crippen molar-refractivity contribution < 1.29 is 18.8 Å². The van der Waals surface area contributed by atoms with Crippen LogP contribution in [-0.4, -0.2) is 22.0 Å². The van der Waals surface area contributed by atoms with Crippen molar-refractivity contribution in [3.05, 3.63) is 71.3 Å². The van der Waals surface area contributed by atoms with Gasteiger partial charge in [0.2, 0.25) is 0 Å². The monoisotopic (exact) mass is 317 g/mol. The minimum Gasteiger partial charge on any atom is -0.275 e. The lowest BCUT2D eigenvalue weighted by Gasteiger charge is -2.30. The van der Waals surface area contributed by atoms with Gasteiger partial charge in [0, 0.05) is 5.56 Å². The second-order valence-corrected chi connectivity index (χ2v) is 5.10. The van der Waals surface area contributed by atoms with Gasteiger partial charge in [-0.2, -0.15) is 0 Å². The Bertz CT molecular complexity index is 758. The summed E-state index contributed by atoms with van der Waals surface area (Å²) < 4.78 is 15.4. The zero-order valence-corrected chi connectivity index (χ0v) is 11.9. The molecule has 1 heterocycles. The highest BCUT2D eigenvalue weighted by atomic mass is 35.5.